The average Bonchev–Trinajstić information content (AvgIpc) is 1.98. The minimum atomic E-state index is -0.906. The zero-order valence-electron chi connectivity index (χ0n) is 8.66. The molecule has 0 aromatic carbocycles. The molecule has 0 aromatic heterocycles. The van der Waals surface area contributed by atoms with Crippen molar-refractivity contribution in [1.29, 1.82) is 0 Å². The summed E-state index contributed by atoms with van der Waals surface area (Å²) in [6.45, 7) is 4.06. The van der Waals surface area contributed by atoms with Crippen LogP contribution in [0, 0.1) is 12.3 Å². The number of carboxylic acids is 1. The lowest BCUT2D eigenvalue weighted by Crippen LogP contribution is -2.34. The quantitative estimate of drug-likeness (QED) is 0.598. The van der Waals surface area contributed by atoms with Crippen LogP contribution in [-0.2, 0) is 4.79 Å². The van der Waals surface area contributed by atoms with Gasteiger partial charge in [-0.3, -0.25) is 9.69 Å². The summed E-state index contributed by atoms with van der Waals surface area (Å²) < 4.78 is 0. The smallest absolute Gasteiger partial charge is 0.317 e. The van der Waals surface area contributed by atoms with Gasteiger partial charge < -0.3 is 10.2 Å². The van der Waals surface area contributed by atoms with E-state index in [0.717, 1.165) is 0 Å². The van der Waals surface area contributed by atoms with Crippen molar-refractivity contribution in [3.8, 4) is 12.3 Å². The van der Waals surface area contributed by atoms with Crippen molar-refractivity contribution in [3.05, 3.63) is 0 Å². The molecule has 0 fully saturated rings. The van der Waals surface area contributed by atoms with Crippen molar-refractivity contribution in [2.45, 2.75) is 25.9 Å². The van der Waals surface area contributed by atoms with E-state index >= 15 is 0 Å². The molecule has 0 aliphatic heterocycles. The molecular formula is C10H17NO3. The lowest BCUT2D eigenvalue weighted by atomic mass is 10.1. The molecule has 0 saturated carbocycles. The average molecular weight is 199 g/mol. The highest BCUT2D eigenvalue weighted by molar-refractivity contribution is 5.69. The number of carbonyl (C=O) groups is 1. The molecule has 0 aliphatic carbocycles. The molecule has 4 nitrogen and oxygen atoms in total. The van der Waals surface area contributed by atoms with Gasteiger partial charge in [-0.2, -0.15) is 0 Å². The summed E-state index contributed by atoms with van der Waals surface area (Å²) in [5.41, 5.74) is -0.786. The number of terminal acetylenes is 1. The SMILES string of the molecule is C#CCN(CCC(C)(C)O)CC(=O)O. The summed E-state index contributed by atoms with van der Waals surface area (Å²) in [6, 6.07) is 0. The monoisotopic (exact) mass is 199 g/mol. The molecule has 14 heavy (non-hydrogen) atoms. The van der Waals surface area contributed by atoms with Gasteiger partial charge in [0.1, 0.15) is 0 Å². The lowest BCUT2D eigenvalue weighted by molar-refractivity contribution is -0.138. The predicted molar refractivity (Wildman–Crippen MR) is 53.8 cm³/mol. The zero-order chi connectivity index (χ0) is 11.2. The van der Waals surface area contributed by atoms with Gasteiger partial charge >= 0.3 is 5.97 Å². The van der Waals surface area contributed by atoms with Crippen molar-refractivity contribution in [1.82, 2.24) is 4.90 Å². The normalized spacial score (nSPS) is 11.4. The van der Waals surface area contributed by atoms with Gasteiger partial charge in [-0.15, -0.1) is 6.42 Å². The van der Waals surface area contributed by atoms with E-state index in [-0.39, 0.29) is 6.54 Å². The molecule has 0 aromatic rings. The molecule has 4 heteroatoms. The number of nitrogens with zero attached hydrogens (tertiary/aromatic N) is 1. The molecule has 0 spiro atoms. The van der Waals surface area contributed by atoms with E-state index in [1.54, 1.807) is 18.7 Å². The van der Waals surface area contributed by atoms with Crippen LogP contribution in [0.5, 0.6) is 0 Å². The maximum atomic E-state index is 10.4. The van der Waals surface area contributed by atoms with Crippen molar-refractivity contribution in [2.75, 3.05) is 19.6 Å². The first-order valence-corrected chi connectivity index (χ1v) is 4.45. The fourth-order valence-corrected chi connectivity index (χ4v) is 0.966. The van der Waals surface area contributed by atoms with Gasteiger partial charge in [-0.1, -0.05) is 5.92 Å². The molecule has 0 aliphatic rings. The van der Waals surface area contributed by atoms with Crippen molar-refractivity contribution >= 4 is 5.97 Å². The first-order valence-electron chi connectivity index (χ1n) is 4.45. The van der Waals surface area contributed by atoms with Gasteiger partial charge in [0.2, 0.25) is 0 Å². The van der Waals surface area contributed by atoms with Crippen LogP contribution in [-0.4, -0.2) is 46.3 Å². The van der Waals surface area contributed by atoms with Crippen LogP contribution < -0.4 is 0 Å². The first kappa shape index (κ1) is 12.9. The highest BCUT2D eigenvalue weighted by atomic mass is 16.4. The minimum absolute atomic E-state index is 0.0831. The van der Waals surface area contributed by atoms with Crippen molar-refractivity contribution in [3.63, 3.8) is 0 Å². The third-order valence-corrected chi connectivity index (χ3v) is 1.71. The van der Waals surface area contributed by atoms with Crippen LogP contribution in [0.4, 0.5) is 0 Å². The van der Waals surface area contributed by atoms with E-state index in [0.29, 0.717) is 19.5 Å². The highest BCUT2D eigenvalue weighted by Gasteiger charge is 2.15. The largest absolute Gasteiger partial charge is 0.480 e. The maximum Gasteiger partial charge on any atom is 0.317 e. The Hall–Kier alpha value is -1.05. The number of hydrogen-bond acceptors (Lipinski definition) is 3. The van der Waals surface area contributed by atoms with Gasteiger partial charge in [0.25, 0.3) is 0 Å². The summed E-state index contributed by atoms with van der Waals surface area (Å²) in [6.07, 6.45) is 5.60. The zero-order valence-corrected chi connectivity index (χ0v) is 8.66. The molecule has 0 rings (SSSR count). The van der Waals surface area contributed by atoms with Crippen molar-refractivity contribution in [2.24, 2.45) is 0 Å². The molecule has 0 heterocycles. The van der Waals surface area contributed by atoms with Crippen LogP contribution in [0.1, 0.15) is 20.3 Å². The number of aliphatic hydroxyl groups is 1. The van der Waals surface area contributed by atoms with Crippen LogP contribution in [0.25, 0.3) is 0 Å². The number of aliphatic carboxylic acids is 1. The molecule has 0 unspecified atom stereocenters. The Morgan fingerprint density at radius 1 is 1.57 bits per heavy atom. The number of carboxylic acid groups (broad SMARTS) is 1. The lowest BCUT2D eigenvalue weighted by Gasteiger charge is -2.23. The highest BCUT2D eigenvalue weighted by Crippen LogP contribution is 2.07. The van der Waals surface area contributed by atoms with Crippen LogP contribution in [0.3, 0.4) is 0 Å². The topological polar surface area (TPSA) is 60.8 Å². The van der Waals surface area contributed by atoms with E-state index in [1.807, 2.05) is 0 Å². The third-order valence-electron chi connectivity index (χ3n) is 1.71. The minimum Gasteiger partial charge on any atom is -0.480 e. The van der Waals surface area contributed by atoms with Gasteiger partial charge in [0, 0.05) is 6.54 Å². The van der Waals surface area contributed by atoms with Crippen molar-refractivity contribution < 1.29 is 15.0 Å². The first-order chi connectivity index (χ1) is 6.35. The van der Waals surface area contributed by atoms with Crippen LogP contribution in [0.2, 0.25) is 0 Å². The number of hydrogen-bond donors (Lipinski definition) is 2. The van der Waals surface area contributed by atoms with Gasteiger partial charge in [-0.25, -0.2) is 0 Å². The van der Waals surface area contributed by atoms with E-state index in [4.69, 9.17) is 11.5 Å². The summed E-state index contributed by atoms with van der Waals surface area (Å²) in [5.74, 6) is 1.48. The maximum absolute atomic E-state index is 10.4. The standard InChI is InChI=1S/C10H17NO3/c1-4-6-11(8-9(12)13)7-5-10(2,3)14/h1,14H,5-8H2,2-3H3,(H,12,13). The number of rotatable bonds is 6. The second kappa shape index (κ2) is 5.63. The second-order valence-corrected chi connectivity index (χ2v) is 3.87. The summed E-state index contributed by atoms with van der Waals surface area (Å²) >= 11 is 0. The Labute approximate surface area is 84.5 Å². The predicted octanol–water partition coefficient (Wildman–Crippen LogP) is 0.167. The van der Waals surface area contributed by atoms with Gasteiger partial charge in [0.05, 0.1) is 18.7 Å². The van der Waals surface area contributed by atoms with E-state index < -0.39 is 11.6 Å². The third kappa shape index (κ3) is 7.59. The van der Waals surface area contributed by atoms with E-state index in [2.05, 4.69) is 5.92 Å². The molecule has 80 valence electrons. The Kier molecular flexibility index (Phi) is 5.21. The summed E-state index contributed by atoms with van der Waals surface area (Å²) in [4.78, 5) is 12.0. The Morgan fingerprint density at radius 3 is 2.50 bits per heavy atom. The fourth-order valence-electron chi connectivity index (χ4n) is 0.966. The van der Waals surface area contributed by atoms with Gasteiger partial charge in [0.15, 0.2) is 0 Å². The second-order valence-electron chi connectivity index (χ2n) is 3.87. The summed E-state index contributed by atoms with van der Waals surface area (Å²) in [5, 5.41) is 18.0. The van der Waals surface area contributed by atoms with Crippen LogP contribution in [0.15, 0.2) is 0 Å². The molecule has 2 N–H and O–H groups in total. The molecule has 0 atom stereocenters. The molecule has 0 saturated heterocycles. The summed E-state index contributed by atoms with van der Waals surface area (Å²) in [7, 11) is 0. The molecule has 0 bridgehead atoms. The van der Waals surface area contributed by atoms with Crippen LogP contribution >= 0.6 is 0 Å². The fraction of sp³-hybridized carbons (Fsp3) is 0.700. The van der Waals surface area contributed by atoms with E-state index in [1.165, 1.54) is 0 Å². The van der Waals surface area contributed by atoms with E-state index in [9.17, 15) is 9.90 Å². The Balaban J connectivity index is 3.98. The molecule has 0 amide bonds. The molecule has 0 radical (unpaired) electrons. The Bertz CT molecular complexity index is 225. The van der Waals surface area contributed by atoms with Gasteiger partial charge in [-0.05, 0) is 20.3 Å². The molecular weight excluding hydrogens is 182 g/mol. The Morgan fingerprint density at radius 2 is 2.14 bits per heavy atom.